The molecule has 5 nitrogen and oxygen atoms in total. The molecule has 0 aromatic carbocycles. The van der Waals surface area contributed by atoms with E-state index in [4.69, 9.17) is 5.26 Å². The molecule has 1 saturated heterocycles. The molecule has 1 aliphatic rings. The van der Waals surface area contributed by atoms with Gasteiger partial charge in [-0.05, 0) is 12.8 Å². The lowest BCUT2D eigenvalue weighted by Crippen LogP contribution is -2.34. The van der Waals surface area contributed by atoms with E-state index in [1.165, 1.54) is 18.7 Å². The molecule has 0 N–H and O–H groups in total. The van der Waals surface area contributed by atoms with Gasteiger partial charge in [0.2, 0.25) is 0 Å². The molecular formula is C10H10N4O. The quantitative estimate of drug-likeness (QED) is 0.668. The molecule has 1 atom stereocenters. The van der Waals surface area contributed by atoms with Gasteiger partial charge in [-0.15, -0.1) is 0 Å². The third kappa shape index (κ3) is 1.79. The van der Waals surface area contributed by atoms with Crippen LogP contribution >= 0.6 is 0 Å². The maximum absolute atomic E-state index is 11.9. The Bertz CT molecular complexity index is 398. The molecule has 0 spiro atoms. The van der Waals surface area contributed by atoms with E-state index in [1.807, 2.05) is 0 Å². The number of carbonyl (C=O) groups excluding carboxylic acids is 1. The minimum absolute atomic E-state index is 0.153. The summed E-state index contributed by atoms with van der Waals surface area (Å²) in [7, 11) is 0. The van der Waals surface area contributed by atoms with Crippen molar-refractivity contribution in [2.45, 2.75) is 18.9 Å². The van der Waals surface area contributed by atoms with Crippen LogP contribution in [0, 0.1) is 11.3 Å². The summed E-state index contributed by atoms with van der Waals surface area (Å²) in [5.74, 6) is -0.153. The first kappa shape index (κ1) is 9.59. The van der Waals surface area contributed by atoms with Crippen molar-refractivity contribution >= 4 is 5.91 Å². The average molecular weight is 202 g/mol. The van der Waals surface area contributed by atoms with E-state index in [-0.39, 0.29) is 11.9 Å². The van der Waals surface area contributed by atoms with Gasteiger partial charge in [0.15, 0.2) is 0 Å². The van der Waals surface area contributed by atoms with Crippen LogP contribution in [-0.4, -0.2) is 33.4 Å². The molecule has 0 bridgehead atoms. The number of carbonyl (C=O) groups is 1. The van der Waals surface area contributed by atoms with Crippen LogP contribution in [0.3, 0.4) is 0 Å². The fourth-order valence-electron chi connectivity index (χ4n) is 1.72. The van der Waals surface area contributed by atoms with Gasteiger partial charge in [0.05, 0.1) is 11.6 Å². The largest absolute Gasteiger partial charge is 0.323 e. The van der Waals surface area contributed by atoms with Gasteiger partial charge in [0.25, 0.3) is 5.91 Å². The number of nitrogens with zero attached hydrogens (tertiary/aromatic N) is 4. The highest BCUT2D eigenvalue weighted by molar-refractivity contribution is 5.94. The lowest BCUT2D eigenvalue weighted by Gasteiger charge is -2.18. The van der Waals surface area contributed by atoms with E-state index in [0.717, 1.165) is 12.8 Å². The summed E-state index contributed by atoms with van der Waals surface area (Å²) in [4.78, 5) is 21.1. The van der Waals surface area contributed by atoms with Gasteiger partial charge in [-0.3, -0.25) is 4.79 Å². The molecule has 2 rings (SSSR count). The maximum atomic E-state index is 11.9. The van der Waals surface area contributed by atoms with Crippen molar-refractivity contribution in [1.82, 2.24) is 14.9 Å². The number of rotatable bonds is 1. The van der Waals surface area contributed by atoms with Crippen LogP contribution in [0.2, 0.25) is 0 Å². The van der Waals surface area contributed by atoms with E-state index < -0.39 is 0 Å². The molecular weight excluding hydrogens is 192 g/mol. The smallest absolute Gasteiger partial charge is 0.258 e. The minimum Gasteiger partial charge on any atom is -0.323 e. The fourth-order valence-corrected chi connectivity index (χ4v) is 1.72. The number of hydrogen-bond acceptors (Lipinski definition) is 4. The van der Waals surface area contributed by atoms with Gasteiger partial charge in [-0.2, -0.15) is 5.26 Å². The monoisotopic (exact) mass is 202 g/mol. The molecule has 15 heavy (non-hydrogen) atoms. The number of nitriles is 1. The summed E-state index contributed by atoms with van der Waals surface area (Å²) in [6.45, 7) is 0.645. The summed E-state index contributed by atoms with van der Waals surface area (Å²) < 4.78 is 0. The predicted octanol–water partition coefficient (Wildman–Crippen LogP) is 0.605. The van der Waals surface area contributed by atoms with Gasteiger partial charge in [0.1, 0.15) is 12.4 Å². The fraction of sp³-hybridized carbons (Fsp3) is 0.400. The topological polar surface area (TPSA) is 69.9 Å². The molecule has 1 aliphatic heterocycles. The Balaban J connectivity index is 2.19. The van der Waals surface area contributed by atoms with Crippen molar-refractivity contribution in [3.8, 4) is 6.07 Å². The van der Waals surface area contributed by atoms with Gasteiger partial charge < -0.3 is 4.90 Å². The van der Waals surface area contributed by atoms with Gasteiger partial charge in [-0.25, -0.2) is 9.97 Å². The molecule has 0 radical (unpaired) electrons. The van der Waals surface area contributed by atoms with Crippen LogP contribution in [0.15, 0.2) is 18.7 Å². The Hall–Kier alpha value is -1.96. The molecule has 1 aromatic heterocycles. The van der Waals surface area contributed by atoms with Crippen LogP contribution in [0.1, 0.15) is 23.2 Å². The Morgan fingerprint density at radius 2 is 2.27 bits per heavy atom. The molecule has 76 valence electrons. The minimum atomic E-state index is -0.294. The molecule has 1 fully saturated rings. The summed E-state index contributed by atoms with van der Waals surface area (Å²) in [5, 5.41) is 8.86. The standard InChI is InChI=1S/C10H10N4O/c11-4-9-2-1-3-14(9)10(15)8-5-12-7-13-6-8/h5-7,9H,1-3H2. The normalized spacial score (nSPS) is 19.9. The van der Waals surface area contributed by atoms with Gasteiger partial charge >= 0.3 is 0 Å². The second-order valence-corrected chi connectivity index (χ2v) is 3.41. The highest BCUT2D eigenvalue weighted by Crippen LogP contribution is 2.18. The first-order valence-corrected chi connectivity index (χ1v) is 4.78. The predicted molar refractivity (Wildman–Crippen MR) is 51.7 cm³/mol. The Kier molecular flexibility index (Phi) is 2.59. The van der Waals surface area contributed by atoms with Crippen LogP contribution in [0.4, 0.5) is 0 Å². The number of aromatic nitrogens is 2. The van der Waals surface area contributed by atoms with Crippen LogP contribution < -0.4 is 0 Å². The van der Waals surface area contributed by atoms with E-state index in [0.29, 0.717) is 12.1 Å². The average Bonchev–Trinajstić information content (AvgIpc) is 2.77. The van der Waals surface area contributed by atoms with Crippen molar-refractivity contribution in [2.24, 2.45) is 0 Å². The molecule has 1 amide bonds. The zero-order valence-corrected chi connectivity index (χ0v) is 8.13. The van der Waals surface area contributed by atoms with Crippen molar-refractivity contribution in [1.29, 1.82) is 5.26 Å². The summed E-state index contributed by atoms with van der Waals surface area (Å²) in [6, 6.07) is 1.84. The van der Waals surface area contributed by atoms with E-state index >= 15 is 0 Å². The number of likely N-dealkylation sites (tertiary alicyclic amines) is 1. The van der Waals surface area contributed by atoms with Crippen molar-refractivity contribution in [2.75, 3.05) is 6.54 Å². The van der Waals surface area contributed by atoms with Gasteiger partial charge in [-0.1, -0.05) is 0 Å². The molecule has 5 heteroatoms. The zero-order valence-electron chi connectivity index (χ0n) is 8.13. The molecule has 2 heterocycles. The Morgan fingerprint density at radius 1 is 1.53 bits per heavy atom. The van der Waals surface area contributed by atoms with E-state index in [9.17, 15) is 4.79 Å². The number of hydrogen-bond donors (Lipinski definition) is 0. The number of amides is 1. The lowest BCUT2D eigenvalue weighted by molar-refractivity contribution is 0.0764. The van der Waals surface area contributed by atoms with Crippen molar-refractivity contribution in [3.05, 3.63) is 24.3 Å². The molecule has 1 unspecified atom stereocenters. The van der Waals surface area contributed by atoms with Crippen molar-refractivity contribution in [3.63, 3.8) is 0 Å². The van der Waals surface area contributed by atoms with Crippen LogP contribution in [-0.2, 0) is 0 Å². The molecule has 1 aromatic rings. The van der Waals surface area contributed by atoms with E-state index in [2.05, 4.69) is 16.0 Å². The highest BCUT2D eigenvalue weighted by atomic mass is 16.2. The zero-order chi connectivity index (χ0) is 10.7. The lowest BCUT2D eigenvalue weighted by atomic mass is 10.2. The van der Waals surface area contributed by atoms with Crippen LogP contribution in [0.25, 0.3) is 0 Å². The first-order chi connectivity index (χ1) is 7.33. The Labute approximate surface area is 87.4 Å². The first-order valence-electron chi connectivity index (χ1n) is 4.78. The second kappa shape index (κ2) is 4.05. The maximum Gasteiger partial charge on any atom is 0.258 e. The van der Waals surface area contributed by atoms with Gasteiger partial charge in [0, 0.05) is 18.9 Å². The second-order valence-electron chi connectivity index (χ2n) is 3.41. The highest BCUT2D eigenvalue weighted by Gasteiger charge is 2.29. The van der Waals surface area contributed by atoms with Crippen molar-refractivity contribution < 1.29 is 4.79 Å². The SMILES string of the molecule is N#CC1CCCN1C(=O)c1cncnc1. The summed E-state index contributed by atoms with van der Waals surface area (Å²) >= 11 is 0. The van der Waals surface area contributed by atoms with Crippen LogP contribution in [0.5, 0.6) is 0 Å². The third-order valence-electron chi connectivity index (χ3n) is 2.47. The Morgan fingerprint density at radius 3 is 2.93 bits per heavy atom. The molecule has 0 aliphatic carbocycles. The summed E-state index contributed by atoms with van der Waals surface area (Å²) in [5.41, 5.74) is 0.444. The summed E-state index contributed by atoms with van der Waals surface area (Å²) in [6.07, 6.45) is 5.97. The van der Waals surface area contributed by atoms with E-state index in [1.54, 1.807) is 4.90 Å². The molecule has 0 saturated carbocycles. The third-order valence-corrected chi connectivity index (χ3v) is 2.47.